The number of rotatable bonds is 8. The van der Waals surface area contributed by atoms with Crippen molar-refractivity contribution in [2.45, 2.75) is 71.1 Å². The Morgan fingerprint density at radius 3 is 2.62 bits per heavy atom. The van der Waals surface area contributed by atoms with Gasteiger partial charge in [0.05, 0.1) is 21.5 Å². The van der Waals surface area contributed by atoms with E-state index in [1.165, 1.54) is 25.0 Å². The van der Waals surface area contributed by atoms with Gasteiger partial charge in [-0.3, -0.25) is 4.68 Å². The first kappa shape index (κ1) is 17.0. The van der Waals surface area contributed by atoms with Crippen LogP contribution in [0.4, 0.5) is 0 Å². The van der Waals surface area contributed by atoms with Crippen LogP contribution < -0.4 is 5.32 Å². The molecule has 1 aliphatic carbocycles. The second-order valence-corrected chi connectivity index (χ2v) is 6.86. The second-order valence-electron chi connectivity index (χ2n) is 6.07. The van der Waals surface area contributed by atoms with Crippen molar-refractivity contribution < 1.29 is 4.74 Å². The molecule has 1 aliphatic rings. The van der Waals surface area contributed by atoms with Gasteiger partial charge in [0.25, 0.3) is 0 Å². The van der Waals surface area contributed by atoms with Crippen LogP contribution in [0, 0.1) is 6.92 Å². The predicted molar refractivity (Wildman–Crippen MR) is 89.7 cm³/mol. The average Bonchev–Trinajstić information content (AvgIpc) is 2.70. The van der Waals surface area contributed by atoms with Crippen molar-refractivity contribution in [3.63, 3.8) is 0 Å². The third kappa shape index (κ3) is 3.69. The van der Waals surface area contributed by atoms with Crippen molar-refractivity contribution in [2.24, 2.45) is 0 Å². The lowest BCUT2D eigenvalue weighted by atomic mass is 9.75. The molecule has 0 bridgehead atoms. The number of aryl methyl sites for hydroxylation is 2. The van der Waals surface area contributed by atoms with E-state index < -0.39 is 0 Å². The molecule has 4 nitrogen and oxygen atoms in total. The summed E-state index contributed by atoms with van der Waals surface area (Å²) >= 11 is 3.71. The van der Waals surface area contributed by atoms with E-state index in [1.54, 1.807) is 0 Å². The van der Waals surface area contributed by atoms with E-state index in [1.807, 2.05) is 7.11 Å². The Hall–Kier alpha value is -0.390. The van der Waals surface area contributed by atoms with Crippen molar-refractivity contribution in [3.05, 3.63) is 15.9 Å². The highest BCUT2D eigenvalue weighted by molar-refractivity contribution is 9.10. The van der Waals surface area contributed by atoms with Gasteiger partial charge >= 0.3 is 0 Å². The van der Waals surface area contributed by atoms with Gasteiger partial charge in [-0.1, -0.05) is 6.92 Å². The number of ether oxygens (including phenoxy) is 1. The lowest BCUT2D eigenvalue weighted by Gasteiger charge is -2.43. The number of nitrogens with one attached hydrogen (secondary N) is 1. The Bertz CT molecular complexity index is 463. The number of hydrogen-bond acceptors (Lipinski definition) is 3. The molecule has 1 heterocycles. The monoisotopic (exact) mass is 357 g/mol. The number of aromatic nitrogens is 2. The van der Waals surface area contributed by atoms with Crippen molar-refractivity contribution in [1.29, 1.82) is 0 Å². The number of likely N-dealkylation sites (N-methyl/N-ethyl adjacent to an activating group) is 1. The van der Waals surface area contributed by atoms with Crippen LogP contribution in [0.15, 0.2) is 4.47 Å². The van der Waals surface area contributed by atoms with Gasteiger partial charge in [0.15, 0.2) is 0 Å². The first-order valence-corrected chi connectivity index (χ1v) is 8.84. The normalized spacial score (nSPS) is 18.5. The summed E-state index contributed by atoms with van der Waals surface area (Å²) in [6.07, 6.45) is 5.76. The van der Waals surface area contributed by atoms with Gasteiger partial charge in [-0.2, -0.15) is 5.10 Å². The number of hydrogen-bond donors (Lipinski definition) is 1. The van der Waals surface area contributed by atoms with Crippen LogP contribution in [-0.2, 0) is 17.7 Å². The highest BCUT2D eigenvalue weighted by Crippen LogP contribution is 2.39. The van der Waals surface area contributed by atoms with E-state index in [4.69, 9.17) is 4.74 Å². The Balaban J connectivity index is 2.12. The summed E-state index contributed by atoms with van der Waals surface area (Å²) in [5.41, 5.74) is 2.48. The summed E-state index contributed by atoms with van der Waals surface area (Å²) in [6, 6.07) is 0.438. The Labute approximate surface area is 136 Å². The lowest BCUT2D eigenvalue weighted by Crippen LogP contribution is -2.46. The minimum absolute atomic E-state index is 0.103. The fourth-order valence-corrected chi connectivity index (χ4v) is 3.76. The van der Waals surface area contributed by atoms with E-state index in [-0.39, 0.29) is 5.60 Å². The molecule has 0 spiro atoms. The maximum atomic E-state index is 5.81. The van der Waals surface area contributed by atoms with Gasteiger partial charge in [0.2, 0.25) is 0 Å². The zero-order chi connectivity index (χ0) is 15.5. The second kappa shape index (κ2) is 7.25. The summed E-state index contributed by atoms with van der Waals surface area (Å²) in [7, 11) is 1.86. The zero-order valence-electron chi connectivity index (χ0n) is 13.7. The predicted octanol–water partition coefficient (Wildman–Crippen LogP) is 3.45. The first-order valence-electron chi connectivity index (χ1n) is 8.05. The van der Waals surface area contributed by atoms with E-state index in [0.29, 0.717) is 6.04 Å². The molecule has 0 amide bonds. The highest BCUT2D eigenvalue weighted by Gasteiger charge is 2.39. The number of methoxy groups -OCH3 is 1. The molecule has 21 heavy (non-hydrogen) atoms. The molecule has 0 aliphatic heterocycles. The van der Waals surface area contributed by atoms with Crippen LogP contribution in [0.25, 0.3) is 0 Å². The molecular formula is C16H28BrN3O. The van der Waals surface area contributed by atoms with Crippen LogP contribution in [0.5, 0.6) is 0 Å². The van der Waals surface area contributed by atoms with E-state index in [9.17, 15) is 0 Å². The molecule has 2 rings (SSSR count). The smallest absolute Gasteiger partial charge is 0.0738 e. The molecule has 0 saturated heterocycles. The molecule has 0 radical (unpaired) electrons. The van der Waals surface area contributed by atoms with Crippen LogP contribution in [0.3, 0.4) is 0 Å². The topological polar surface area (TPSA) is 39.1 Å². The van der Waals surface area contributed by atoms with Crippen molar-refractivity contribution in [2.75, 3.05) is 13.7 Å². The van der Waals surface area contributed by atoms with Gasteiger partial charge in [0.1, 0.15) is 0 Å². The van der Waals surface area contributed by atoms with Gasteiger partial charge < -0.3 is 10.1 Å². The first-order chi connectivity index (χ1) is 10.0. The quantitative estimate of drug-likeness (QED) is 0.774. The molecule has 1 aromatic rings. The largest absolute Gasteiger partial charge is 0.378 e. The Morgan fingerprint density at radius 2 is 2.14 bits per heavy atom. The SMILES string of the molecule is CCNC(Cc1c(Br)c(C)nn1CC)CC1(OC)CCC1. The molecule has 1 atom stereocenters. The molecule has 1 saturated carbocycles. The fourth-order valence-electron chi connectivity index (χ4n) is 3.31. The molecule has 1 aromatic heterocycles. The van der Waals surface area contributed by atoms with Gasteiger partial charge in [-0.15, -0.1) is 0 Å². The number of halogens is 1. The molecule has 1 fully saturated rings. The van der Waals surface area contributed by atoms with Crippen molar-refractivity contribution in [3.8, 4) is 0 Å². The van der Waals surface area contributed by atoms with E-state index in [2.05, 4.69) is 51.8 Å². The Kier molecular flexibility index (Phi) is 5.86. The third-order valence-electron chi connectivity index (χ3n) is 4.70. The summed E-state index contributed by atoms with van der Waals surface area (Å²) in [4.78, 5) is 0. The Morgan fingerprint density at radius 1 is 1.43 bits per heavy atom. The maximum absolute atomic E-state index is 5.81. The fraction of sp³-hybridized carbons (Fsp3) is 0.812. The van der Waals surface area contributed by atoms with Crippen molar-refractivity contribution >= 4 is 15.9 Å². The number of nitrogens with zero attached hydrogens (tertiary/aromatic N) is 2. The molecule has 0 aromatic carbocycles. The zero-order valence-corrected chi connectivity index (χ0v) is 15.3. The highest BCUT2D eigenvalue weighted by atomic mass is 79.9. The van der Waals surface area contributed by atoms with E-state index >= 15 is 0 Å². The van der Waals surface area contributed by atoms with Crippen LogP contribution in [0.1, 0.15) is 50.9 Å². The maximum Gasteiger partial charge on any atom is 0.0738 e. The third-order valence-corrected chi connectivity index (χ3v) is 5.73. The van der Waals surface area contributed by atoms with Gasteiger partial charge in [-0.25, -0.2) is 0 Å². The van der Waals surface area contributed by atoms with E-state index in [0.717, 1.165) is 36.1 Å². The lowest BCUT2D eigenvalue weighted by molar-refractivity contribution is -0.0834. The molecule has 5 heteroatoms. The average molecular weight is 358 g/mol. The molecule has 1 unspecified atom stereocenters. The van der Waals surface area contributed by atoms with Crippen molar-refractivity contribution in [1.82, 2.24) is 15.1 Å². The minimum atomic E-state index is 0.103. The van der Waals surface area contributed by atoms with Crippen LogP contribution in [0.2, 0.25) is 0 Å². The van der Waals surface area contributed by atoms with Gasteiger partial charge in [-0.05, 0) is 62.0 Å². The summed E-state index contributed by atoms with van der Waals surface area (Å²) < 4.78 is 9.08. The standard InChI is InChI=1S/C16H28BrN3O/c1-5-18-13(11-16(21-4)8-7-9-16)10-14-15(17)12(3)19-20(14)6-2/h13,18H,5-11H2,1-4H3. The summed E-state index contributed by atoms with van der Waals surface area (Å²) in [6.45, 7) is 8.28. The van der Waals surface area contributed by atoms with Gasteiger partial charge in [0, 0.05) is 26.1 Å². The molecular weight excluding hydrogens is 330 g/mol. The summed E-state index contributed by atoms with van der Waals surface area (Å²) in [5.74, 6) is 0. The summed E-state index contributed by atoms with van der Waals surface area (Å²) in [5, 5.41) is 8.24. The van der Waals surface area contributed by atoms with Crippen LogP contribution in [-0.4, -0.2) is 35.1 Å². The minimum Gasteiger partial charge on any atom is -0.378 e. The molecule has 1 N–H and O–H groups in total. The van der Waals surface area contributed by atoms with Crippen LogP contribution >= 0.6 is 15.9 Å². The molecule has 120 valence electrons.